The van der Waals surface area contributed by atoms with Crippen LogP contribution in [0.3, 0.4) is 0 Å². The van der Waals surface area contributed by atoms with Crippen molar-refractivity contribution in [3.8, 4) is 0 Å². The Labute approximate surface area is 86.8 Å². The van der Waals surface area contributed by atoms with Crippen molar-refractivity contribution in [1.82, 2.24) is 10.6 Å². The topological polar surface area (TPSA) is 24.1 Å². The smallest absolute Gasteiger partial charge is 0.126 e. The Morgan fingerprint density at radius 1 is 1.43 bits per heavy atom. The average molecular weight is 208 g/mol. The second-order valence-corrected chi connectivity index (χ2v) is 3.27. The molecule has 2 rings (SSSR count). The van der Waals surface area contributed by atoms with E-state index in [1.165, 1.54) is 12.1 Å². The van der Waals surface area contributed by atoms with Crippen LogP contribution in [0.25, 0.3) is 5.70 Å². The van der Waals surface area contributed by atoms with E-state index in [2.05, 4.69) is 10.6 Å². The first-order chi connectivity index (χ1) is 6.79. The van der Waals surface area contributed by atoms with Crippen molar-refractivity contribution >= 4 is 23.3 Å². The SMILES string of the molecule is Fc1cccc(C2=CNC(C=S)N2)c1. The van der Waals surface area contributed by atoms with Crippen LogP contribution in [0.1, 0.15) is 5.56 Å². The van der Waals surface area contributed by atoms with Crippen molar-refractivity contribution in [2.75, 3.05) is 0 Å². The summed E-state index contributed by atoms with van der Waals surface area (Å²) < 4.78 is 12.9. The summed E-state index contributed by atoms with van der Waals surface area (Å²) in [6, 6.07) is 6.42. The van der Waals surface area contributed by atoms with Gasteiger partial charge in [0.05, 0.1) is 5.70 Å². The quantitative estimate of drug-likeness (QED) is 0.722. The van der Waals surface area contributed by atoms with Crippen LogP contribution in [0.15, 0.2) is 30.5 Å². The number of halogens is 1. The fraction of sp³-hybridized carbons (Fsp3) is 0.100. The van der Waals surface area contributed by atoms with Gasteiger partial charge in [-0.2, -0.15) is 0 Å². The summed E-state index contributed by atoms with van der Waals surface area (Å²) in [5, 5.41) is 7.71. The molecule has 1 aliphatic rings. The maximum atomic E-state index is 12.9. The van der Waals surface area contributed by atoms with Crippen LogP contribution in [0.2, 0.25) is 0 Å². The number of hydrogen-bond acceptors (Lipinski definition) is 3. The summed E-state index contributed by atoms with van der Waals surface area (Å²) in [5.41, 5.74) is 1.67. The molecular formula is C10H9FN2S. The van der Waals surface area contributed by atoms with E-state index in [9.17, 15) is 4.39 Å². The Bertz CT molecular complexity index is 389. The van der Waals surface area contributed by atoms with Gasteiger partial charge in [0.25, 0.3) is 0 Å². The molecule has 1 aromatic rings. The number of hydrogen-bond donors (Lipinski definition) is 2. The predicted molar refractivity (Wildman–Crippen MR) is 58.1 cm³/mol. The van der Waals surface area contributed by atoms with Gasteiger partial charge in [0.1, 0.15) is 12.0 Å². The van der Waals surface area contributed by atoms with E-state index in [0.717, 1.165) is 11.3 Å². The average Bonchev–Trinajstić information content (AvgIpc) is 2.66. The first kappa shape index (κ1) is 9.15. The van der Waals surface area contributed by atoms with Crippen molar-refractivity contribution in [1.29, 1.82) is 0 Å². The summed E-state index contributed by atoms with van der Waals surface area (Å²) in [6.45, 7) is 0. The normalized spacial score (nSPS) is 19.5. The van der Waals surface area contributed by atoms with Crippen molar-refractivity contribution in [3.05, 3.63) is 41.8 Å². The molecule has 0 amide bonds. The Morgan fingerprint density at radius 3 is 2.93 bits per heavy atom. The molecule has 0 fully saturated rings. The van der Waals surface area contributed by atoms with Gasteiger partial charge in [-0.25, -0.2) is 4.39 Å². The molecule has 4 heteroatoms. The minimum Gasteiger partial charge on any atom is -0.366 e. The maximum absolute atomic E-state index is 12.9. The third kappa shape index (κ3) is 1.75. The molecule has 0 aliphatic carbocycles. The summed E-state index contributed by atoms with van der Waals surface area (Å²) in [5.74, 6) is -0.240. The summed E-state index contributed by atoms with van der Waals surface area (Å²) in [6.07, 6.45) is 1.76. The Morgan fingerprint density at radius 2 is 2.29 bits per heavy atom. The van der Waals surface area contributed by atoms with E-state index in [4.69, 9.17) is 12.2 Å². The molecule has 1 aliphatic heterocycles. The highest BCUT2D eigenvalue weighted by Crippen LogP contribution is 2.15. The zero-order valence-electron chi connectivity index (χ0n) is 7.33. The largest absolute Gasteiger partial charge is 0.366 e. The van der Waals surface area contributed by atoms with Gasteiger partial charge in [0, 0.05) is 17.1 Å². The maximum Gasteiger partial charge on any atom is 0.126 e. The summed E-state index contributed by atoms with van der Waals surface area (Å²) in [7, 11) is 0. The van der Waals surface area contributed by atoms with Crippen LogP contribution in [0.5, 0.6) is 0 Å². The van der Waals surface area contributed by atoms with E-state index in [-0.39, 0.29) is 12.0 Å². The van der Waals surface area contributed by atoms with E-state index in [1.54, 1.807) is 17.6 Å². The summed E-state index contributed by atoms with van der Waals surface area (Å²) >= 11 is 4.78. The van der Waals surface area contributed by atoms with Crippen LogP contribution in [0, 0.1) is 5.82 Å². The van der Waals surface area contributed by atoms with Gasteiger partial charge >= 0.3 is 0 Å². The lowest BCUT2D eigenvalue weighted by Gasteiger charge is -2.07. The molecule has 0 bridgehead atoms. The molecule has 1 atom stereocenters. The lowest BCUT2D eigenvalue weighted by Crippen LogP contribution is -2.32. The Hall–Kier alpha value is -1.42. The molecule has 72 valence electrons. The number of thiocarbonyl (C=S) groups is 1. The van der Waals surface area contributed by atoms with E-state index >= 15 is 0 Å². The first-order valence-corrected chi connectivity index (χ1v) is 4.71. The lowest BCUT2D eigenvalue weighted by molar-refractivity contribution is 0.627. The summed E-state index contributed by atoms with van der Waals surface area (Å²) in [4.78, 5) is 0. The number of benzene rings is 1. The third-order valence-electron chi connectivity index (χ3n) is 1.99. The first-order valence-electron chi connectivity index (χ1n) is 4.23. The highest BCUT2D eigenvalue weighted by atomic mass is 32.1. The standard InChI is InChI=1S/C10H9FN2S/c11-8-3-1-2-7(4-8)9-5-12-10(6-14)13-9/h1-6,10,12-13H. The molecule has 1 unspecified atom stereocenters. The molecule has 0 saturated carbocycles. The molecule has 0 spiro atoms. The van der Waals surface area contributed by atoms with Crippen LogP contribution in [-0.4, -0.2) is 11.5 Å². The molecule has 14 heavy (non-hydrogen) atoms. The Balaban J connectivity index is 2.21. The minimum absolute atomic E-state index is 0.0386. The lowest BCUT2D eigenvalue weighted by atomic mass is 10.2. The van der Waals surface area contributed by atoms with Crippen molar-refractivity contribution in [2.45, 2.75) is 6.17 Å². The fourth-order valence-electron chi connectivity index (χ4n) is 1.32. The molecule has 0 radical (unpaired) electrons. The van der Waals surface area contributed by atoms with Crippen LogP contribution < -0.4 is 10.6 Å². The fourth-order valence-corrected chi connectivity index (χ4v) is 1.47. The van der Waals surface area contributed by atoms with Gasteiger partial charge in [-0.1, -0.05) is 24.4 Å². The Kier molecular flexibility index (Phi) is 2.45. The second kappa shape index (κ2) is 3.75. The zero-order chi connectivity index (χ0) is 9.97. The minimum atomic E-state index is -0.240. The van der Waals surface area contributed by atoms with Gasteiger partial charge in [-0.05, 0) is 12.1 Å². The molecule has 0 aromatic heterocycles. The van der Waals surface area contributed by atoms with Gasteiger partial charge in [-0.3, -0.25) is 0 Å². The third-order valence-corrected chi connectivity index (χ3v) is 2.26. The van der Waals surface area contributed by atoms with Gasteiger partial charge in [0.15, 0.2) is 0 Å². The molecule has 0 saturated heterocycles. The zero-order valence-corrected chi connectivity index (χ0v) is 8.14. The predicted octanol–water partition coefficient (Wildman–Crippen LogP) is 1.64. The molecule has 1 aromatic carbocycles. The van der Waals surface area contributed by atoms with Crippen molar-refractivity contribution < 1.29 is 4.39 Å². The van der Waals surface area contributed by atoms with E-state index < -0.39 is 0 Å². The monoisotopic (exact) mass is 208 g/mol. The van der Waals surface area contributed by atoms with Crippen LogP contribution >= 0.6 is 12.2 Å². The number of nitrogens with one attached hydrogen (secondary N) is 2. The van der Waals surface area contributed by atoms with E-state index in [1.807, 2.05) is 6.07 Å². The highest BCUT2D eigenvalue weighted by molar-refractivity contribution is 7.79. The highest BCUT2D eigenvalue weighted by Gasteiger charge is 2.13. The second-order valence-electron chi connectivity index (χ2n) is 2.99. The van der Waals surface area contributed by atoms with E-state index in [0.29, 0.717) is 0 Å². The van der Waals surface area contributed by atoms with Gasteiger partial charge < -0.3 is 10.6 Å². The molecule has 2 nitrogen and oxygen atoms in total. The van der Waals surface area contributed by atoms with Crippen LogP contribution in [0.4, 0.5) is 4.39 Å². The molecular weight excluding hydrogens is 199 g/mol. The van der Waals surface area contributed by atoms with Gasteiger partial charge in [0.2, 0.25) is 0 Å². The molecule has 2 N–H and O–H groups in total. The van der Waals surface area contributed by atoms with Gasteiger partial charge in [-0.15, -0.1) is 0 Å². The van der Waals surface area contributed by atoms with Crippen molar-refractivity contribution in [2.24, 2.45) is 0 Å². The molecule has 1 heterocycles. The number of rotatable bonds is 2. The van der Waals surface area contributed by atoms with Crippen molar-refractivity contribution in [3.63, 3.8) is 0 Å². The van der Waals surface area contributed by atoms with Crippen LogP contribution in [-0.2, 0) is 0 Å².